The predicted octanol–water partition coefficient (Wildman–Crippen LogP) is 6.78. The molecule has 0 N–H and O–H groups in total. The van der Waals surface area contributed by atoms with Gasteiger partial charge in [0.25, 0.3) is 11.5 Å². The fraction of sp³-hybridized carbons (Fsp3) is 0.323. The zero-order valence-electron chi connectivity index (χ0n) is 22.2. The molecule has 0 radical (unpaired) electrons. The van der Waals surface area contributed by atoms with E-state index in [1.54, 1.807) is 27.7 Å². The van der Waals surface area contributed by atoms with Crippen molar-refractivity contribution in [3.63, 3.8) is 0 Å². The minimum Gasteiger partial charge on any atom is -0.328 e. The van der Waals surface area contributed by atoms with Gasteiger partial charge in [-0.15, -0.1) is 0 Å². The Kier molecular flexibility index (Phi) is 7.86. The number of halogens is 1. The lowest BCUT2D eigenvalue weighted by atomic mass is 10.0. The maximum absolute atomic E-state index is 14.1. The molecule has 6 heteroatoms. The Morgan fingerprint density at radius 1 is 1.00 bits per heavy atom. The topological polar surface area (TPSA) is 55.2 Å². The number of aromatic nitrogens is 2. The van der Waals surface area contributed by atoms with E-state index in [1.165, 1.54) is 12.1 Å². The molecular weight excluding hydrogens is 465 g/mol. The molecule has 1 amide bonds. The van der Waals surface area contributed by atoms with Crippen LogP contribution in [0, 0.1) is 25.6 Å². The summed E-state index contributed by atoms with van der Waals surface area (Å²) in [5.41, 5.74) is 3.58. The molecule has 1 aromatic heterocycles. The Bertz CT molecular complexity index is 1490. The van der Waals surface area contributed by atoms with Crippen molar-refractivity contribution in [1.29, 1.82) is 0 Å². The number of hydrogen-bond acceptors (Lipinski definition) is 3. The van der Waals surface area contributed by atoms with Gasteiger partial charge in [-0.1, -0.05) is 45.0 Å². The third-order valence-electron chi connectivity index (χ3n) is 6.89. The summed E-state index contributed by atoms with van der Waals surface area (Å²) in [6, 6.07) is 18.5. The van der Waals surface area contributed by atoms with E-state index in [9.17, 15) is 14.0 Å². The van der Waals surface area contributed by atoms with E-state index in [0.717, 1.165) is 17.5 Å². The average molecular weight is 500 g/mol. The van der Waals surface area contributed by atoms with Crippen molar-refractivity contribution in [2.45, 2.75) is 53.5 Å². The molecule has 37 heavy (non-hydrogen) atoms. The van der Waals surface area contributed by atoms with Crippen LogP contribution in [0.5, 0.6) is 0 Å². The molecule has 1 atom stereocenters. The van der Waals surface area contributed by atoms with Crippen LogP contribution < -0.4 is 5.56 Å². The van der Waals surface area contributed by atoms with Crippen LogP contribution in [-0.4, -0.2) is 26.9 Å². The quantitative estimate of drug-likeness (QED) is 0.268. The molecule has 1 heterocycles. The first kappa shape index (κ1) is 26.3. The second kappa shape index (κ2) is 11.1. The first-order chi connectivity index (χ1) is 17.7. The number of para-hydroxylation sites is 1. The standard InChI is InChI=1S/C31H34FN3O2/c1-6-28(34(17-16-20(2)3)30(36)23-10-9-11-24(32)19-23)29-33-27-13-8-7-12-26(27)31(37)35(29)25-15-14-21(4)22(5)18-25/h7-15,18-20,28H,6,16-17H2,1-5H3. The van der Waals surface area contributed by atoms with Crippen molar-refractivity contribution < 1.29 is 9.18 Å². The smallest absolute Gasteiger partial charge is 0.266 e. The normalized spacial score (nSPS) is 12.2. The SMILES string of the molecule is CCC(c1nc2ccccc2c(=O)n1-c1ccc(C)c(C)c1)N(CCC(C)C)C(=O)c1cccc(F)c1. The van der Waals surface area contributed by atoms with Crippen molar-refractivity contribution in [1.82, 2.24) is 14.5 Å². The predicted molar refractivity (Wildman–Crippen MR) is 147 cm³/mol. The maximum atomic E-state index is 14.1. The lowest BCUT2D eigenvalue weighted by Gasteiger charge is -2.33. The minimum atomic E-state index is -0.492. The summed E-state index contributed by atoms with van der Waals surface area (Å²) in [7, 11) is 0. The average Bonchev–Trinajstić information content (AvgIpc) is 2.88. The summed E-state index contributed by atoms with van der Waals surface area (Å²) in [4.78, 5) is 34.5. The van der Waals surface area contributed by atoms with Crippen molar-refractivity contribution in [3.05, 3.63) is 105 Å². The third kappa shape index (κ3) is 5.48. The van der Waals surface area contributed by atoms with Crippen molar-refractivity contribution in [2.24, 2.45) is 5.92 Å². The number of nitrogens with zero attached hydrogens (tertiary/aromatic N) is 3. The van der Waals surface area contributed by atoms with Crippen molar-refractivity contribution >= 4 is 16.8 Å². The van der Waals surface area contributed by atoms with E-state index in [2.05, 4.69) is 13.8 Å². The van der Waals surface area contributed by atoms with Crippen molar-refractivity contribution in [3.8, 4) is 5.69 Å². The van der Waals surface area contributed by atoms with E-state index >= 15 is 0 Å². The highest BCUT2D eigenvalue weighted by Crippen LogP contribution is 2.29. The summed E-state index contributed by atoms with van der Waals surface area (Å²) >= 11 is 0. The van der Waals surface area contributed by atoms with Crippen LogP contribution in [0.15, 0.2) is 71.5 Å². The summed E-state index contributed by atoms with van der Waals surface area (Å²) in [6.45, 7) is 10.7. The fourth-order valence-electron chi connectivity index (χ4n) is 4.61. The van der Waals surface area contributed by atoms with Crippen LogP contribution in [0.2, 0.25) is 0 Å². The van der Waals surface area contributed by atoms with E-state index in [1.807, 2.05) is 57.2 Å². The zero-order chi connectivity index (χ0) is 26.7. The number of aryl methyl sites for hydroxylation is 2. The van der Waals surface area contributed by atoms with Gasteiger partial charge in [-0.2, -0.15) is 0 Å². The number of fused-ring (bicyclic) bond motifs is 1. The van der Waals surface area contributed by atoms with Gasteiger partial charge in [0.1, 0.15) is 11.6 Å². The van der Waals surface area contributed by atoms with E-state index < -0.39 is 11.9 Å². The Labute approximate surface area is 217 Å². The highest BCUT2D eigenvalue weighted by Gasteiger charge is 2.30. The molecule has 0 bridgehead atoms. The van der Waals surface area contributed by atoms with Gasteiger partial charge < -0.3 is 4.90 Å². The third-order valence-corrected chi connectivity index (χ3v) is 6.89. The molecule has 0 saturated carbocycles. The lowest BCUT2D eigenvalue weighted by Crippen LogP contribution is -2.39. The molecule has 0 fully saturated rings. The zero-order valence-corrected chi connectivity index (χ0v) is 22.2. The van der Waals surface area contributed by atoms with E-state index in [0.29, 0.717) is 41.3 Å². The van der Waals surface area contributed by atoms with Crippen LogP contribution in [-0.2, 0) is 0 Å². The molecule has 4 aromatic rings. The van der Waals surface area contributed by atoms with Gasteiger partial charge in [0, 0.05) is 12.1 Å². The highest BCUT2D eigenvalue weighted by molar-refractivity contribution is 5.94. The van der Waals surface area contributed by atoms with Gasteiger partial charge in [0.2, 0.25) is 0 Å². The number of benzene rings is 3. The Balaban J connectivity index is 1.96. The van der Waals surface area contributed by atoms with E-state index in [-0.39, 0.29) is 17.0 Å². The molecule has 0 aliphatic carbocycles. The van der Waals surface area contributed by atoms with Gasteiger partial charge in [-0.25, -0.2) is 9.37 Å². The minimum absolute atomic E-state index is 0.177. The van der Waals surface area contributed by atoms with Crippen LogP contribution in [0.3, 0.4) is 0 Å². The second-order valence-corrected chi connectivity index (χ2v) is 10.0. The first-order valence-electron chi connectivity index (χ1n) is 12.9. The van der Waals surface area contributed by atoms with Crippen molar-refractivity contribution in [2.75, 3.05) is 6.54 Å². The highest BCUT2D eigenvalue weighted by atomic mass is 19.1. The molecule has 3 aromatic carbocycles. The Morgan fingerprint density at radius 2 is 1.76 bits per heavy atom. The van der Waals surface area contributed by atoms with Crippen LogP contribution >= 0.6 is 0 Å². The number of carbonyl (C=O) groups excluding carboxylic acids is 1. The van der Waals surface area contributed by atoms with Gasteiger partial charge in [0.05, 0.1) is 22.6 Å². The van der Waals surface area contributed by atoms with Crippen LogP contribution in [0.1, 0.15) is 67.0 Å². The molecule has 5 nitrogen and oxygen atoms in total. The lowest BCUT2D eigenvalue weighted by molar-refractivity contribution is 0.0648. The van der Waals surface area contributed by atoms with Gasteiger partial charge in [-0.05, 0) is 86.2 Å². The number of amides is 1. The Hall–Kier alpha value is -3.80. The summed E-state index contributed by atoms with van der Waals surface area (Å²) in [5.74, 6) is 0.120. The molecule has 0 spiro atoms. The number of hydrogen-bond donors (Lipinski definition) is 0. The monoisotopic (exact) mass is 499 g/mol. The number of rotatable bonds is 8. The number of carbonyl (C=O) groups is 1. The van der Waals surface area contributed by atoms with Gasteiger partial charge in [0.15, 0.2) is 0 Å². The fourth-order valence-corrected chi connectivity index (χ4v) is 4.61. The first-order valence-corrected chi connectivity index (χ1v) is 12.9. The van der Waals surface area contributed by atoms with Gasteiger partial charge >= 0.3 is 0 Å². The maximum Gasteiger partial charge on any atom is 0.266 e. The van der Waals surface area contributed by atoms with E-state index in [4.69, 9.17) is 4.98 Å². The molecule has 192 valence electrons. The Morgan fingerprint density at radius 3 is 2.43 bits per heavy atom. The molecule has 4 rings (SSSR count). The molecule has 0 saturated heterocycles. The summed E-state index contributed by atoms with van der Waals surface area (Å²) in [5, 5.41) is 0.518. The summed E-state index contributed by atoms with van der Waals surface area (Å²) < 4.78 is 15.7. The molecule has 1 unspecified atom stereocenters. The largest absolute Gasteiger partial charge is 0.328 e. The van der Waals surface area contributed by atoms with Gasteiger partial charge in [-0.3, -0.25) is 14.2 Å². The molecular formula is C31H34FN3O2. The van der Waals surface area contributed by atoms with Crippen LogP contribution in [0.4, 0.5) is 4.39 Å². The summed E-state index contributed by atoms with van der Waals surface area (Å²) in [6.07, 6.45) is 1.30. The van der Waals surface area contributed by atoms with Crippen LogP contribution in [0.25, 0.3) is 16.6 Å². The molecule has 0 aliphatic heterocycles. The molecule has 0 aliphatic rings. The second-order valence-electron chi connectivity index (χ2n) is 10.0.